The summed E-state index contributed by atoms with van der Waals surface area (Å²) in [5, 5.41) is 0. The molecule has 0 spiro atoms. The first-order chi connectivity index (χ1) is 19.3. The molecule has 1 aliphatic heterocycles. The fraction of sp³-hybridized carbons (Fsp3) is 0.720. The van der Waals surface area contributed by atoms with Crippen molar-refractivity contribution < 1.29 is 51.1 Å². The Morgan fingerprint density at radius 2 is 1.62 bits per heavy atom. The number of nitrogen functional groups attached to an aromatic ring is 1. The van der Waals surface area contributed by atoms with E-state index in [9.17, 15) is 14.2 Å². The first-order valence-electron chi connectivity index (χ1n) is 13.2. The summed E-state index contributed by atoms with van der Waals surface area (Å²) in [6.07, 6.45) is 1.34. The highest BCUT2D eigenvalue weighted by Gasteiger charge is 2.51. The smallest absolute Gasteiger partial charge is 0.476 e. The highest BCUT2D eigenvalue weighted by molar-refractivity contribution is 7.48. The highest BCUT2D eigenvalue weighted by atomic mass is 31.2. The van der Waals surface area contributed by atoms with Crippen molar-refractivity contribution in [3.63, 3.8) is 0 Å². The molecular formula is C25H39FN5O10P. The van der Waals surface area contributed by atoms with Crippen LogP contribution in [0, 0.1) is 10.8 Å². The molecule has 1 fully saturated rings. The minimum absolute atomic E-state index is 0.0706. The Morgan fingerprint density at radius 1 is 1.05 bits per heavy atom. The molecule has 1 saturated heterocycles. The first-order valence-corrected chi connectivity index (χ1v) is 14.7. The fourth-order valence-corrected chi connectivity index (χ4v) is 4.61. The van der Waals surface area contributed by atoms with Gasteiger partial charge in [0, 0.05) is 12.8 Å². The van der Waals surface area contributed by atoms with Gasteiger partial charge in [-0.05, 0) is 55.4 Å². The average molecular weight is 620 g/mol. The van der Waals surface area contributed by atoms with Crippen molar-refractivity contribution in [3.8, 4) is 5.88 Å². The number of esters is 2. The molecule has 15 nitrogen and oxygen atoms in total. The van der Waals surface area contributed by atoms with Crippen molar-refractivity contribution in [2.45, 2.75) is 79.8 Å². The van der Waals surface area contributed by atoms with Crippen LogP contribution in [-0.2, 0) is 47.7 Å². The molecule has 42 heavy (non-hydrogen) atoms. The number of imidazole rings is 1. The third-order valence-electron chi connectivity index (χ3n) is 6.00. The van der Waals surface area contributed by atoms with Crippen LogP contribution in [0.5, 0.6) is 5.88 Å². The molecule has 3 rings (SSSR count). The largest absolute Gasteiger partial charge is 0.480 e. The second-order valence-electron chi connectivity index (χ2n) is 11.8. The normalized spacial score (nSPS) is 21.5. The third-order valence-corrected chi connectivity index (χ3v) is 7.29. The standard InChI is InChI=1S/C25H39FN5O10P/c1-9-35-18-16-17(29-21(27)30-18)31(13-28-16)24(8)10-11-25(26,41-24)12-38-42(34,39-14-36-19(32)22(2,3)4)40-15-37-20(33)23(5,6)7/h13H,9-12,14-15H2,1-8H3,(H2,27,29,30)/t24-,25+/m1/s1. The van der Waals surface area contributed by atoms with E-state index in [0.29, 0.717) is 12.1 Å². The number of phosphoric acid groups is 1. The first kappa shape index (κ1) is 33.6. The van der Waals surface area contributed by atoms with Crippen molar-refractivity contribution in [1.82, 2.24) is 19.5 Å². The van der Waals surface area contributed by atoms with Crippen LogP contribution in [0.3, 0.4) is 0 Å². The quantitative estimate of drug-likeness (QED) is 0.202. The van der Waals surface area contributed by atoms with Crippen LogP contribution in [0.2, 0.25) is 0 Å². The van der Waals surface area contributed by atoms with Gasteiger partial charge in [0.1, 0.15) is 12.3 Å². The lowest BCUT2D eigenvalue weighted by molar-refractivity contribution is -0.215. The van der Waals surface area contributed by atoms with E-state index >= 15 is 4.39 Å². The zero-order valence-corrected chi connectivity index (χ0v) is 26.0. The summed E-state index contributed by atoms with van der Waals surface area (Å²) < 4.78 is 67.5. The molecule has 236 valence electrons. The van der Waals surface area contributed by atoms with Crippen LogP contribution >= 0.6 is 7.82 Å². The Kier molecular flexibility index (Phi) is 9.89. The van der Waals surface area contributed by atoms with E-state index in [-0.39, 0.29) is 30.3 Å². The summed E-state index contributed by atoms with van der Waals surface area (Å²) in [7, 11) is -4.64. The van der Waals surface area contributed by atoms with E-state index < -0.39 is 62.4 Å². The van der Waals surface area contributed by atoms with Crippen LogP contribution < -0.4 is 10.5 Å². The number of rotatable bonds is 12. The average Bonchev–Trinajstić information content (AvgIpc) is 3.44. The lowest BCUT2D eigenvalue weighted by Crippen LogP contribution is -2.36. The van der Waals surface area contributed by atoms with Crippen LogP contribution in [0.15, 0.2) is 6.33 Å². The van der Waals surface area contributed by atoms with E-state index in [4.69, 9.17) is 38.3 Å². The molecular weight excluding hydrogens is 580 g/mol. The van der Waals surface area contributed by atoms with Crippen molar-refractivity contribution in [2.24, 2.45) is 10.8 Å². The molecule has 0 aliphatic carbocycles. The van der Waals surface area contributed by atoms with Gasteiger partial charge in [0.25, 0.3) is 0 Å². The second kappa shape index (κ2) is 12.4. The number of ether oxygens (including phenoxy) is 4. The zero-order chi connectivity index (χ0) is 31.6. The Morgan fingerprint density at radius 3 is 2.14 bits per heavy atom. The van der Waals surface area contributed by atoms with E-state index in [1.165, 1.54) is 10.9 Å². The lowest BCUT2D eigenvalue weighted by Gasteiger charge is -2.29. The number of alkyl halides is 1. The van der Waals surface area contributed by atoms with Gasteiger partial charge >= 0.3 is 19.8 Å². The molecule has 2 atom stereocenters. The van der Waals surface area contributed by atoms with Crippen LogP contribution in [0.4, 0.5) is 10.3 Å². The number of halogens is 1. The van der Waals surface area contributed by atoms with Gasteiger partial charge in [-0.25, -0.2) is 23.0 Å². The zero-order valence-electron chi connectivity index (χ0n) is 25.1. The van der Waals surface area contributed by atoms with E-state index in [2.05, 4.69) is 15.0 Å². The molecule has 0 radical (unpaired) electrons. The molecule has 2 N–H and O–H groups in total. The number of hydrogen-bond donors (Lipinski definition) is 1. The molecule has 2 aromatic heterocycles. The SMILES string of the molecule is CCOc1nc(N)nc2c1ncn2[C@@]1(C)CC[C@@](F)(COP(=O)(OCOC(=O)C(C)(C)C)OCOC(=O)C(C)(C)C)O1. The molecule has 1 aliphatic rings. The van der Waals surface area contributed by atoms with Crippen molar-refractivity contribution >= 4 is 36.9 Å². The lowest BCUT2D eigenvalue weighted by atomic mass is 9.98. The van der Waals surface area contributed by atoms with Gasteiger partial charge in [0.05, 0.1) is 23.8 Å². The minimum atomic E-state index is -4.64. The van der Waals surface area contributed by atoms with Crippen LogP contribution in [-0.4, -0.2) is 64.1 Å². The van der Waals surface area contributed by atoms with Crippen LogP contribution in [0.25, 0.3) is 11.2 Å². The highest BCUT2D eigenvalue weighted by Crippen LogP contribution is 2.52. The Balaban J connectivity index is 1.74. The summed E-state index contributed by atoms with van der Waals surface area (Å²) in [5.41, 5.74) is 3.35. The van der Waals surface area contributed by atoms with Gasteiger partial charge in [-0.2, -0.15) is 9.97 Å². The summed E-state index contributed by atoms with van der Waals surface area (Å²) in [4.78, 5) is 36.7. The van der Waals surface area contributed by atoms with E-state index in [1.54, 1.807) is 55.4 Å². The van der Waals surface area contributed by atoms with E-state index in [0.717, 1.165) is 0 Å². The van der Waals surface area contributed by atoms with Crippen molar-refractivity contribution in [2.75, 3.05) is 32.5 Å². The number of aromatic nitrogens is 4. The van der Waals surface area contributed by atoms with Gasteiger partial charge in [-0.3, -0.25) is 18.7 Å². The van der Waals surface area contributed by atoms with Gasteiger partial charge < -0.3 is 24.7 Å². The Bertz CT molecular complexity index is 1310. The molecule has 0 amide bonds. The number of phosphoric ester groups is 1. The maximum absolute atomic E-state index is 16.0. The van der Waals surface area contributed by atoms with Gasteiger partial charge in [0.2, 0.25) is 31.3 Å². The maximum Gasteiger partial charge on any atom is 0.480 e. The maximum atomic E-state index is 16.0. The molecule has 2 aromatic rings. The third kappa shape index (κ3) is 8.13. The molecule has 0 aromatic carbocycles. The van der Waals surface area contributed by atoms with Gasteiger partial charge in [-0.15, -0.1) is 0 Å². The topological polar surface area (TPSA) is 185 Å². The molecule has 0 unspecified atom stereocenters. The molecule has 0 bridgehead atoms. The van der Waals surface area contributed by atoms with Crippen molar-refractivity contribution in [1.29, 1.82) is 0 Å². The number of anilines is 1. The number of carbonyl (C=O) groups excluding carboxylic acids is 2. The molecule has 0 saturated carbocycles. The number of fused-ring (bicyclic) bond motifs is 1. The monoisotopic (exact) mass is 619 g/mol. The summed E-state index contributed by atoms with van der Waals surface area (Å²) in [6.45, 7) is 10.8. The van der Waals surface area contributed by atoms with E-state index in [1.807, 2.05) is 0 Å². The predicted octanol–water partition coefficient (Wildman–Crippen LogP) is 4.21. The predicted molar refractivity (Wildman–Crippen MR) is 145 cm³/mol. The Labute approximate surface area is 243 Å². The molecule has 3 heterocycles. The minimum Gasteiger partial charge on any atom is -0.476 e. The summed E-state index contributed by atoms with van der Waals surface area (Å²) in [5.74, 6) is -3.69. The fourth-order valence-electron chi connectivity index (χ4n) is 3.67. The van der Waals surface area contributed by atoms with Crippen LogP contribution in [0.1, 0.15) is 68.2 Å². The van der Waals surface area contributed by atoms with Gasteiger partial charge in [-0.1, -0.05) is 0 Å². The number of nitrogens with zero attached hydrogens (tertiary/aromatic N) is 4. The second-order valence-corrected chi connectivity index (χ2v) is 13.5. The Hall–Kier alpha value is -2.91. The number of carbonyl (C=O) groups is 2. The van der Waals surface area contributed by atoms with Crippen molar-refractivity contribution in [3.05, 3.63) is 6.33 Å². The summed E-state index contributed by atoms with van der Waals surface area (Å²) >= 11 is 0. The van der Waals surface area contributed by atoms with Gasteiger partial charge in [0.15, 0.2) is 11.2 Å². The molecule has 17 heteroatoms. The number of hydrogen-bond acceptors (Lipinski definition) is 14. The summed E-state index contributed by atoms with van der Waals surface area (Å²) in [6, 6.07) is 0. The number of nitrogens with two attached hydrogens (primary N) is 1.